The third-order valence-electron chi connectivity index (χ3n) is 3.57. The van der Waals surface area contributed by atoms with Gasteiger partial charge in [-0.2, -0.15) is 13.1 Å². The quantitative estimate of drug-likeness (QED) is 0.890. The first-order valence-corrected chi connectivity index (χ1v) is 8.26. The first-order valence-electron chi connectivity index (χ1n) is 6.82. The average Bonchev–Trinajstić information content (AvgIpc) is 2.48. The summed E-state index contributed by atoms with van der Waals surface area (Å²) >= 11 is 0. The smallest absolute Gasteiger partial charge is 0.387 e. The highest BCUT2D eigenvalue weighted by Crippen LogP contribution is 2.28. The minimum Gasteiger partial charge on any atom is -0.432 e. The van der Waals surface area contributed by atoms with Gasteiger partial charge in [0.1, 0.15) is 0 Å². The minimum atomic E-state index is -3.92. The zero-order chi connectivity index (χ0) is 16.3. The van der Waals surface area contributed by atoms with Crippen molar-refractivity contribution in [2.24, 2.45) is 5.73 Å². The second kappa shape index (κ2) is 6.84. The Balaban J connectivity index is 2.31. The molecule has 2 N–H and O–H groups in total. The van der Waals surface area contributed by atoms with Crippen LogP contribution in [0, 0.1) is 5.82 Å². The molecule has 0 spiro atoms. The van der Waals surface area contributed by atoms with Crippen LogP contribution in [-0.2, 0) is 10.0 Å². The fraction of sp³-hybridized carbons (Fsp3) is 0.538. The molecule has 1 heterocycles. The van der Waals surface area contributed by atoms with Crippen LogP contribution >= 0.6 is 0 Å². The minimum absolute atomic E-state index is 0.175. The van der Waals surface area contributed by atoms with Gasteiger partial charge in [0.05, 0.1) is 4.90 Å². The van der Waals surface area contributed by atoms with Gasteiger partial charge < -0.3 is 10.5 Å². The van der Waals surface area contributed by atoms with Crippen molar-refractivity contribution < 1.29 is 26.3 Å². The number of nitrogens with two attached hydrogens (primary N) is 1. The molecule has 1 atom stereocenters. The maximum Gasteiger partial charge on any atom is 0.387 e. The van der Waals surface area contributed by atoms with Crippen LogP contribution in [0.1, 0.15) is 19.3 Å². The molecule has 5 nitrogen and oxygen atoms in total. The van der Waals surface area contributed by atoms with Crippen LogP contribution in [0.2, 0.25) is 0 Å². The second-order valence-electron chi connectivity index (χ2n) is 4.97. The molecule has 0 bridgehead atoms. The number of alkyl halides is 2. The molecule has 0 radical (unpaired) electrons. The molecule has 0 aliphatic carbocycles. The van der Waals surface area contributed by atoms with Crippen LogP contribution in [-0.4, -0.2) is 38.5 Å². The Morgan fingerprint density at radius 2 is 2.09 bits per heavy atom. The molecule has 1 saturated heterocycles. The van der Waals surface area contributed by atoms with Gasteiger partial charge in [-0.3, -0.25) is 0 Å². The molecule has 2 rings (SSSR count). The van der Waals surface area contributed by atoms with Crippen molar-refractivity contribution in [3.63, 3.8) is 0 Å². The normalized spacial score (nSPS) is 20.3. The molecule has 1 unspecified atom stereocenters. The third-order valence-corrected chi connectivity index (χ3v) is 5.52. The molecule has 9 heteroatoms. The SMILES string of the molecule is NCC1CCCCN1S(=O)(=O)c1ccc(OC(F)F)c(F)c1. The van der Waals surface area contributed by atoms with Crippen molar-refractivity contribution in [3.05, 3.63) is 24.0 Å². The van der Waals surface area contributed by atoms with Gasteiger partial charge >= 0.3 is 6.61 Å². The van der Waals surface area contributed by atoms with E-state index in [1.54, 1.807) is 0 Å². The Morgan fingerprint density at radius 1 is 1.36 bits per heavy atom. The van der Waals surface area contributed by atoms with Gasteiger partial charge in [0.15, 0.2) is 11.6 Å². The molecule has 1 fully saturated rings. The van der Waals surface area contributed by atoms with Crippen LogP contribution in [0.25, 0.3) is 0 Å². The van der Waals surface area contributed by atoms with E-state index in [-0.39, 0.29) is 17.5 Å². The Hall–Kier alpha value is -1.32. The number of piperidine rings is 1. The molecule has 22 heavy (non-hydrogen) atoms. The maximum atomic E-state index is 13.7. The lowest BCUT2D eigenvalue weighted by Crippen LogP contribution is -2.47. The van der Waals surface area contributed by atoms with Gasteiger partial charge in [0.2, 0.25) is 10.0 Å². The van der Waals surface area contributed by atoms with E-state index >= 15 is 0 Å². The van der Waals surface area contributed by atoms with Crippen molar-refractivity contribution in [3.8, 4) is 5.75 Å². The molecule has 0 saturated carbocycles. The molecule has 0 aromatic heterocycles. The summed E-state index contributed by atoms with van der Waals surface area (Å²) in [6.07, 6.45) is 2.22. The summed E-state index contributed by atoms with van der Waals surface area (Å²) in [5.74, 6) is -1.84. The van der Waals surface area contributed by atoms with Gasteiger partial charge in [-0.1, -0.05) is 6.42 Å². The lowest BCUT2D eigenvalue weighted by atomic mass is 10.1. The molecule has 1 aliphatic rings. The lowest BCUT2D eigenvalue weighted by molar-refractivity contribution is -0.0522. The monoisotopic (exact) mass is 338 g/mol. The number of nitrogens with zero attached hydrogens (tertiary/aromatic N) is 1. The predicted molar refractivity (Wildman–Crippen MR) is 73.6 cm³/mol. The second-order valence-corrected chi connectivity index (χ2v) is 6.86. The van der Waals surface area contributed by atoms with Crippen LogP contribution in [0.15, 0.2) is 23.1 Å². The summed E-state index contributed by atoms with van der Waals surface area (Å²) in [6.45, 7) is -2.70. The van der Waals surface area contributed by atoms with E-state index in [0.29, 0.717) is 25.5 Å². The highest BCUT2D eigenvalue weighted by molar-refractivity contribution is 7.89. The Labute approximate surface area is 126 Å². The zero-order valence-electron chi connectivity index (χ0n) is 11.7. The number of rotatable bonds is 5. The third kappa shape index (κ3) is 3.53. The molecule has 1 aromatic rings. The van der Waals surface area contributed by atoms with Crippen LogP contribution < -0.4 is 10.5 Å². The first kappa shape index (κ1) is 17.0. The Kier molecular flexibility index (Phi) is 5.30. The lowest BCUT2D eigenvalue weighted by Gasteiger charge is -2.33. The summed E-state index contributed by atoms with van der Waals surface area (Å²) in [5, 5.41) is 0. The number of ether oxygens (including phenoxy) is 1. The highest BCUT2D eigenvalue weighted by atomic mass is 32.2. The van der Waals surface area contributed by atoms with Gasteiger partial charge in [-0.15, -0.1) is 0 Å². The van der Waals surface area contributed by atoms with Gasteiger partial charge in [0.25, 0.3) is 0 Å². The van der Waals surface area contributed by atoms with Crippen molar-refractivity contribution in [1.29, 1.82) is 0 Å². The number of halogens is 3. The van der Waals surface area contributed by atoms with Gasteiger partial charge in [0, 0.05) is 19.1 Å². The van der Waals surface area contributed by atoms with Crippen molar-refractivity contribution in [1.82, 2.24) is 4.31 Å². The van der Waals surface area contributed by atoms with E-state index < -0.39 is 28.2 Å². The van der Waals surface area contributed by atoms with Crippen molar-refractivity contribution in [2.45, 2.75) is 36.8 Å². The molecule has 1 aromatic carbocycles. The van der Waals surface area contributed by atoms with Crippen LogP contribution in [0.3, 0.4) is 0 Å². The van der Waals surface area contributed by atoms with E-state index in [1.165, 1.54) is 4.31 Å². The Morgan fingerprint density at radius 3 is 2.68 bits per heavy atom. The van der Waals surface area contributed by atoms with Crippen molar-refractivity contribution >= 4 is 10.0 Å². The fourth-order valence-corrected chi connectivity index (χ4v) is 4.21. The van der Waals surface area contributed by atoms with Crippen LogP contribution in [0.4, 0.5) is 13.2 Å². The van der Waals surface area contributed by atoms with Gasteiger partial charge in [-0.05, 0) is 31.0 Å². The summed E-state index contributed by atoms with van der Waals surface area (Å²) in [7, 11) is -3.92. The first-order chi connectivity index (χ1) is 10.4. The number of benzene rings is 1. The van der Waals surface area contributed by atoms with E-state index in [1.807, 2.05) is 0 Å². The largest absolute Gasteiger partial charge is 0.432 e. The van der Waals surface area contributed by atoms with E-state index in [4.69, 9.17) is 5.73 Å². The van der Waals surface area contributed by atoms with E-state index in [2.05, 4.69) is 4.74 Å². The number of hydrogen-bond donors (Lipinski definition) is 1. The summed E-state index contributed by atoms with van der Waals surface area (Å²) < 4.78 is 68.2. The molecular weight excluding hydrogens is 321 g/mol. The summed E-state index contributed by atoms with van der Waals surface area (Å²) in [5.41, 5.74) is 5.59. The van der Waals surface area contributed by atoms with E-state index in [9.17, 15) is 21.6 Å². The molecule has 124 valence electrons. The average molecular weight is 338 g/mol. The molecule has 0 amide bonds. The molecule has 1 aliphatic heterocycles. The van der Waals surface area contributed by atoms with Gasteiger partial charge in [-0.25, -0.2) is 12.8 Å². The number of sulfonamides is 1. The van der Waals surface area contributed by atoms with E-state index in [0.717, 1.165) is 18.6 Å². The summed E-state index contributed by atoms with van der Waals surface area (Å²) in [4.78, 5) is -0.299. The van der Waals surface area contributed by atoms with Crippen LogP contribution in [0.5, 0.6) is 5.75 Å². The molecular formula is C13H17F3N2O3S. The topological polar surface area (TPSA) is 72.6 Å². The van der Waals surface area contributed by atoms with Crippen molar-refractivity contribution in [2.75, 3.05) is 13.1 Å². The standard InChI is InChI=1S/C13H17F3N2O3S/c14-11-7-10(4-5-12(11)21-13(15)16)22(19,20)18-6-2-1-3-9(18)8-17/h4-5,7,9,13H,1-3,6,8,17H2. The fourth-order valence-electron chi connectivity index (χ4n) is 2.49. The number of hydrogen-bond acceptors (Lipinski definition) is 4. The highest BCUT2D eigenvalue weighted by Gasteiger charge is 2.33. The zero-order valence-corrected chi connectivity index (χ0v) is 12.5. The Bertz CT molecular complexity index is 625. The summed E-state index contributed by atoms with van der Waals surface area (Å²) in [6, 6.07) is 2.29. The maximum absolute atomic E-state index is 13.7. The predicted octanol–water partition coefficient (Wildman–Crippen LogP) is 1.93.